The van der Waals surface area contributed by atoms with Crippen molar-refractivity contribution in [3.63, 3.8) is 0 Å². The van der Waals surface area contributed by atoms with Crippen LogP contribution in [-0.4, -0.2) is 11.6 Å². The van der Waals surface area contributed by atoms with E-state index >= 15 is 0 Å². The van der Waals surface area contributed by atoms with Crippen LogP contribution in [0.3, 0.4) is 0 Å². The molecule has 19 heavy (non-hydrogen) atoms. The SMILES string of the molecule is CC(C)CONC(c1ccccc1)c1ccccn1. The Balaban J connectivity index is 2.14. The van der Waals surface area contributed by atoms with Gasteiger partial charge in [-0.25, -0.2) is 0 Å². The van der Waals surface area contributed by atoms with Gasteiger partial charge in [-0.1, -0.05) is 50.2 Å². The fourth-order valence-corrected chi connectivity index (χ4v) is 1.79. The summed E-state index contributed by atoms with van der Waals surface area (Å²) < 4.78 is 0. The predicted octanol–water partition coefficient (Wildman–Crippen LogP) is 3.35. The highest BCUT2D eigenvalue weighted by atomic mass is 16.6. The van der Waals surface area contributed by atoms with Crippen molar-refractivity contribution in [3.05, 3.63) is 66.0 Å². The number of benzene rings is 1. The molecule has 1 heterocycles. The molecule has 0 saturated carbocycles. The smallest absolute Gasteiger partial charge is 0.0992 e. The summed E-state index contributed by atoms with van der Waals surface area (Å²) in [5, 5.41) is 0. The van der Waals surface area contributed by atoms with E-state index in [1.807, 2.05) is 36.4 Å². The van der Waals surface area contributed by atoms with Crippen LogP contribution < -0.4 is 5.48 Å². The molecule has 0 aliphatic rings. The number of hydroxylamine groups is 1. The highest BCUT2D eigenvalue weighted by molar-refractivity contribution is 5.26. The molecular weight excluding hydrogens is 236 g/mol. The third-order valence-electron chi connectivity index (χ3n) is 2.73. The zero-order valence-corrected chi connectivity index (χ0v) is 11.4. The molecule has 1 N–H and O–H groups in total. The predicted molar refractivity (Wildman–Crippen MR) is 76.4 cm³/mol. The molecule has 2 aromatic rings. The lowest BCUT2D eigenvalue weighted by Gasteiger charge is -2.19. The number of hydrogen-bond acceptors (Lipinski definition) is 3. The van der Waals surface area contributed by atoms with Gasteiger partial charge in [0.25, 0.3) is 0 Å². The van der Waals surface area contributed by atoms with Crippen molar-refractivity contribution in [1.82, 2.24) is 10.5 Å². The van der Waals surface area contributed by atoms with Crippen molar-refractivity contribution < 1.29 is 4.84 Å². The maximum absolute atomic E-state index is 5.58. The number of pyridine rings is 1. The minimum Gasteiger partial charge on any atom is -0.301 e. The molecule has 1 unspecified atom stereocenters. The van der Waals surface area contributed by atoms with Crippen molar-refractivity contribution in [1.29, 1.82) is 0 Å². The van der Waals surface area contributed by atoms with E-state index in [1.54, 1.807) is 6.20 Å². The quantitative estimate of drug-likeness (QED) is 0.805. The molecule has 1 atom stereocenters. The summed E-state index contributed by atoms with van der Waals surface area (Å²) in [7, 11) is 0. The number of hydrogen-bond donors (Lipinski definition) is 1. The van der Waals surface area contributed by atoms with E-state index in [1.165, 1.54) is 0 Å². The van der Waals surface area contributed by atoms with Crippen LogP contribution in [-0.2, 0) is 4.84 Å². The second-order valence-corrected chi connectivity index (χ2v) is 4.92. The van der Waals surface area contributed by atoms with Gasteiger partial charge in [-0.3, -0.25) is 4.98 Å². The summed E-state index contributed by atoms with van der Waals surface area (Å²) >= 11 is 0. The van der Waals surface area contributed by atoms with Gasteiger partial charge in [0.2, 0.25) is 0 Å². The lowest BCUT2D eigenvalue weighted by molar-refractivity contribution is 0.00764. The van der Waals surface area contributed by atoms with E-state index in [9.17, 15) is 0 Å². The topological polar surface area (TPSA) is 34.1 Å². The summed E-state index contributed by atoms with van der Waals surface area (Å²) in [5.74, 6) is 0.493. The molecule has 0 radical (unpaired) electrons. The summed E-state index contributed by atoms with van der Waals surface area (Å²) in [4.78, 5) is 9.99. The Morgan fingerprint density at radius 2 is 1.79 bits per heavy atom. The number of aromatic nitrogens is 1. The first kappa shape index (κ1) is 13.7. The third kappa shape index (κ3) is 4.16. The molecule has 2 rings (SSSR count). The van der Waals surface area contributed by atoms with Crippen LogP contribution in [0.25, 0.3) is 0 Å². The van der Waals surface area contributed by atoms with Crippen LogP contribution in [0.1, 0.15) is 31.1 Å². The Labute approximate surface area is 114 Å². The van der Waals surface area contributed by atoms with Gasteiger partial charge >= 0.3 is 0 Å². The molecule has 1 aromatic carbocycles. The Morgan fingerprint density at radius 3 is 2.42 bits per heavy atom. The molecule has 0 aliphatic heterocycles. The van der Waals surface area contributed by atoms with Crippen molar-refractivity contribution >= 4 is 0 Å². The molecule has 3 heteroatoms. The summed E-state index contributed by atoms with van der Waals surface area (Å²) in [5.41, 5.74) is 5.22. The first-order valence-electron chi connectivity index (χ1n) is 6.60. The highest BCUT2D eigenvalue weighted by Crippen LogP contribution is 2.19. The van der Waals surface area contributed by atoms with E-state index < -0.39 is 0 Å². The Morgan fingerprint density at radius 1 is 1.05 bits per heavy atom. The Kier molecular flexibility index (Phi) is 5.07. The molecule has 3 nitrogen and oxygen atoms in total. The van der Waals surface area contributed by atoms with E-state index in [0.717, 1.165) is 11.3 Å². The van der Waals surface area contributed by atoms with Crippen LogP contribution in [0.5, 0.6) is 0 Å². The van der Waals surface area contributed by atoms with Crippen molar-refractivity contribution in [2.45, 2.75) is 19.9 Å². The summed E-state index contributed by atoms with van der Waals surface area (Å²) in [6.07, 6.45) is 1.80. The molecule has 0 bridgehead atoms. The normalized spacial score (nSPS) is 12.6. The zero-order valence-electron chi connectivity index (χ0n) is 11.4. The standard InChI is InChI=1S/C16H20N2O/c1-13(2)12-19-18-16(14-8-4-3-5-9-14)15-10-6-7-11-17-15/h3-11,13,16,18H,12H2,1-2H3. The highest BCUT2D eigenvalue weighted by Gasteiger charge is 2.14. The fourth-order valence-electron chi connectivity index (χ4n) is 1.79. The van der Waals surface area contributed by atoms with Gasteiger partial charge in [0.15, 0.2) is 0 Å². The van der Waals surface area contributed by atoms with Crippen LogP contribution >= 0.6 is 0 Å². The van der Waals surface area contributed by atoms with Crippen LogP contribution in [0.2, 0.25) is 0 Å². The van der Waals surface area contributed by atoms with Crippen molar-refractivity contribution in [3.8, 4) is 0 Å². The average Bonchev–Trinajstić information content (AvgIpc) is 2.45. The fraction of sp³-hybridized carbons (Fsp3) is 0.312. The van der Waals surface area contributed by atoms with E-state index in [2.05, 4.69) is 36.4 Å². The molecule has 1 aromatic heterocycles. The molecule has 0 saturated heterocycles. The van der Waals surface area contributed by atoms with Gasteiger partial charge in [-0.05, 0) is 23.6 Å². The van der Waals surface area contributed by atoms with E-state index in [4.69, 9.17) is 4.84 Å². The van der Waals surface area contributed by atoms with Crippen LogP contribution in [0.15, 0.2) is 54.7 Å². The van der Waals surface area contributed by atoms with Crippen molar-refractivity contribution in [2.75, 3.05) is 6.61 Å². The summed E-state index contributed by atoms with van der Waals surface area (Å²) in [6, 6.07) is 16.1. The zero-order chi connectivity index (χ0) is 13.5. The van der Waals surface area contributed by atoms with Crippen LogP contribution in [0, 0.1) is 5.92 Å². The molecule has 0 aliphatic carbocycles. The van der Waals surface area contributed by atoms with Crippen LogP contribution in [0.4, 0.5) is 0 Å². The Bertz CT molecular complexity index is 431. The van der Waals surface area contributed by atoms with Crippen molar-refractivity contribution in [2.24, 2.45) is 5.92 Å². The van der Waals surface area contributed by atoms with Gasteiger partial charge in [0, 0.05) is 6.20 Å². The molecule has 0 fully saturated rings. The molecule has 0 amide bonds. The number of nitrogens with zero attached hydrogens (tertiary/aromatic N) is 1. The first-order valence-corrected chi connectivity index (χ1v) is 6.60. The van der Waals surface area contributed by atoms with Gasteiger partial charge in [0.1, 0.15) is 0 Å². The van der Waals surface area contributed by atoms with Gasteiger partial charge in [-0.2, -0.15) is 5.48 Å². The lowest BCUT2D eigenvalue weighted by atomic mass is 10.0. The minimum atomic E-state index is -0.0406. The maximum atomic E-state index is 5.58. The monoisotopic (exact) mass is 256 g/mol. The van der Waals surface area contributed by atoms with Gasteiger partial charge < -0.3 is 4.84 Å². The maximum Gasteiger partial charge on any atom is 0.0992 e. The largest absolute Gasteiger partial charge is 0.301 e. The molecular formula is C16H20N2O. The first-order chi connectivity index (χ1) is 9.27. The lowest BCUT2D eigenvalue weighted by Crippen LogP contribution is -2.25. The number of nitrogens with one attached hydrogen (secondary N) is 1. The van der Waals surface area contributed by atoms with Gasteiger partial charge in [0.05, 0.1) is 18.3 Å². The third-order valence-corrected chi connectivity index (χ3v) is 2.73. The molecule has 0 spiro atoms. The Hall–Kier alpha value is -1.71. The molecule has 100 valence electrons. The second kappa shape index (κ2) is 7.02. The second-order valence-electron chi connectivity index (χ2n) is 4.92. The average molecular weight is 256 g/mol. The minimum absolute atomic E-state index is 0.0406. The summed E-state index contributed by atoms with van der Waals surface area (Å²) in [6.45, 7) is 4.93. The van der Waals surface area contributed by atoms with E-state index in [0.29, 0.717) is 12.5 Å². The number of rotatable bonds is 6. The van der Waals surface area contributed by atoms with Gasteiger partial charge in [-0.15, -0.1) is 0 Å². The van der Waals surface area contributed by atoms with E-state index in [-0.39, 0.29) is 6.04 Å².